The van der Waals surface area contributed by atoms with Gasteiger partial charge in [-0.2, -0.15) is 18.3 Å². The third-order valence-corrected chi connectivity index (χ3v) is 4.87. The van der Waals surface area contributed by atoms with Crippen LogP contribution in [0.25, 0.3) is 16.8 Å². The summed E-state index contributed by atoms with van der Waals surface area (Å²) >= 11 is 1.39. The number of rotatable bonds is 1. The highest BCUT2D eigenvalue weighted by Crippen LogP contribution is 2.48. The molecule has 0 aliphatic carbocycles. The van der Waals surface area contributed by atoms with E-state index in [0.29, 0.717) is 22.0 Å². The molecule has 0 radical (unpaired) electrons. The van der Waals surface area contributed by atoms with Gasteiger partial charge in [0.15, 0.2) is 5.69 Å². The molecule has 4 rings (SSSR count). The number of fused-ring (bicyclic) bond motifs is 3. The summed E-state index contributed by atoms with van der Waals surface area (Å²) in [6, 6.07) is 16.1. The first-order valence-electron chi connectivity index (χ1n) is 7.02. The van der Waals surface area contributed by atoms with Gasteiger partial charge in [-0.3, -0.25) is 0 Å². The molecule has 0 fully saturated rings. The maximum absolute atomic E-state index is 13.5. The summed E-state index contributed by atoms with van der Waals surface area (Å²) in [6.45, 7) is 0. The van der Waals surface area contributed by atoms with E-state index in [2.05, 4.69) is 5.10 Å². The lowest BCUT2D eigenvalue weighted by Crippen LogP contribution is -2.09. The zero-order valence-corrected chi connectivity index (χ0v) is 12.7. The Morgan fingerprint density at radius 3 is 2.39 bits per heavy atom. The second kappa shape index (κ2) is 5.16. The van der Waals surface area contributed by atoms with E-state index >= 15 is 0 Å². The van der Waals surface area contributed by atoms with Gasteiger partial charge in [-0.25, -0.2) is 4.68 Å². The first-order valence-corrected chi connectivity index (χ1v) is 8.01. The minimum Gasteiger partial charge on any atom is -0.226 e. The van der Waals surface area contributed by atoms with Gasteiger partial charge in [0.25, 0.3) is 0 Å². The largest absolute Gasteiger partial charge is 0.435 e. The average molecular weight is 332 g/mol. The molecule has 2 aromatic carbocycles. The van der Waals surface area contributed by atoms with Crippen LogP contribution in [0.5, 0.6) is 0 Å². The third-order valence-electron chi connectivity index (χ3n) is 3.76. The van der Waals surface area contributed by atoms with Crippen molar-refractivity contribution in [3.63, 3.8) is 0 Å². The average Bonchev–Trinajstić information content (AvgIpc) is 2.96. The molecule has 2 nitrogen and oxygen atoms in total. The number of nitrogens with zero attached hydrogens (tertiary/aromatic N) is 2. The summed E-state index contributed by atoms with van der Waals surface area (Å²) in [5, 5.41) is 4.45. The van der Waals surface area contributed by atoms with Crippen molar-refractivity contribution in [3.8, 4) is 16.8 Å². The molecule has 1 aliphatic rings. The molecule has 0 spiro atoms. The first kappa shape index (κ1) is 14.4. The van der Waals surface area contributed by atoms with Gasteiger partial charge < -0.3 is 0 Å². The van der Waals surface area contributed by atoms with E-state index in [4.69, 9.17) is 0 Å². The SMILES string of the molecule is FC(F)(F)c1nn(-c2ccccc2)c2c1-c1ccccc1CS2. The molecular formula is C17H11F3N2S. The molecule has 0 amide bonds. The Hall–Kier alpha value is -2.21. The second-order valence-corrected chi connectivity index (χ2v) is 6.18. The summed E-state index contributed by atoms with van der Waals surface area (Å²) in [5.74, 6) is 0.638. The molecule has 0 saturated heterocycles. The standard InChI is InChI=1S/C17H11F3N2S/c18-17(19,20)15-14-13-9-5-4-6-11(13)10-23-16(14)22(21-15)12-7-2-1-3-8-12/h1-9H,10H2. The van der Waals surface area contributed by atoms with Crippen molar-refractivity contribution < 1.29 is 13.2 Å². The summed E-state index contributed by atoms with van der Waals surface area (Å²) in [5.41, 5.74) is 1.52. The molecule has 0 saturated carbocycles. The van der Waals surface area contributed by atoms with Crippen LogP contribution < -0.4 is 0 Å². The Balaban J connectivity index is 2.02. The quantitative estimate of drug-likeness (QED) is 0.612. The third kappa shape index (κ3) is 2.34. The molecule has 1 aliphatic heterocycles. The second-order valence-electron chi connectivity index (χ2n) is 5.22. The highest BCUT2D eigenvalue weighted by atomic mass is 32.2. The number of alkyl halides is 3. The van der Waals surface area contributed by atoms with Crippen LogP contribution in [0.2, 0.25) is 0 Å². The van der Waals surface area contributed by atoms with Gasteiger partial charge in [0, 0.05) is 11.3 Å². The number of aromatic nitrogens is 2. The normalized spacial score (nSPS) is 13.5. The molecule has 1 aromatic heterocycles. The van der Waals surface area contributed by atoms with Gasteiger partial charge in [-0.15, -0.1) is 11.8 Å². The number of benzene rings is 2. The lowest BCUT2D eigenvalue weighted by atomic mass is 10.0. The van der Waals surface area contributed by atoms with Crippen LogP contribution in [0.3, 0.4) is 0 Å². The first-order chi connectivity index (χ1) is 11.1. The Bertz CT molecular complexity index is 869. The van der Waals surface area contributed by atoms with Crippen LogP contribution in [0.1, 0.15) is 11.3 Å². The lowest BCUT2D eigenvalue weighted by Gasteiger charge is -2.18. The number of halogens is 3. The van der Waals surface area contributed by atoms with Gasteiger partial charge in [-0.05, 0) is 23.3 Å². The van der Waals surface area contributed by atoms with Crippen molar-refractivity contribution in [2.75, 3.05) is 0 Å². The van der Waals surface area contributed by atoms with Crippen LogP contribution in [0.4, 0.5) is 13.2 Å². The highest BCUT2D eigenvalue weighted by molar-refractivity contribution is 7.98. The maximum Gasteiger partial charge on any atom is 0.435 e. The van der Waals surface area contributed by atoms with E-state index in [-0.39, 0.29) is 5.56 Å². The van der Waals surface area contributed by atoms with E-state index in [9.17, 15) is 13.2 Å². The van der Waals surface area contributed by atoms with Crippen LogP contribution in [-0.2, 0) is 11.9 Å². The molecule has 6 heteroatoms. The summed E-state index contributed by atoms with van der Waals surface area (Å²) in [7, 11) is 0. The van der Waals surface area contributed by atoms with Crippen LogP contribution >= 0.6 is 11.8 Å². The minimum absolute atomic E-state index is 0.188. The molecule has 0 atom stereocenters. The van der Waals surface area contributed by atoms with Gasteiger partial charge in [0.1, 0.15) is 5.03 Å². The van der Waals surface area contributed by atoms with E-state index in [1.165, 1.54) is 16.4 Å². The zero-order valence-electron chi connectivity index (χ0n) is 11.8. The number of hydrogen-bond donors (Lipinski definition) is 0. The molecule has 23 heavy (non-hydrogen) atoms. The molecule has 2 heterocycles. The van der Waals surface area contributed by atoms with Crippen LogP contribution in [-0.4, -0.2) is 9.78 Å². The Morgan fingerprint density at radius 2 is 1.65 bits per heavy atom. The smallest absolute Gasteiger partial charge is 0.226 e. The summed E-state index contributed by atoms with van der Waals surface area (Å²) in [4.78, 5) is 0. The van der Waals surface area contributed by atoms with Crippen molar-refractivity contribution in [2.45, 2.75) is 17.0 Å². The minimum atomic E-state index is -4.49. The fraction of sp³-hybridized carbons (Fsp3) is 0.118. The van der Waals surface area contributed by atoms with Gasteiger partial charge >= 0.3 is 6.18 Å². The Kier molecular flexibility index (Phi) is 3.23. The predicted molar refractivity (Wildman–Crippen MR) is 83.6 cm³/mol. The van der Waals surface area contributed by atoms with Crippen molar-refractivity contribution in [1.29, 1.82) is 0 Å². The van der Waals surface area contributed by atoms with E-state index in [0.717, 1.165) is 5.56 Å². The Labute approximate surface area is 134 Å². The number of hydrogen-bond acceptors (Lipinski definition) is 2. The topological polar surface area (TPSA) is 17.8 Å². The van der Waals surface area contributed by atoms with E-state index in [1.54, 1.807) is 36.4 Å². The van der Waals surface area contributed by atoms with Crippen molar-refractivity contribution >= 4 is 11.8 Å². The fourth-order valence-corrected chi connectivity index (χ4v) is 3.92. The van der Waals surface area contributed by atoms with Crippen LogP contribution in [0, 0.1) is 0 Å². The van der Waals surface area contributed by atoms with E-state index in [1.807, 2.05) is 18.2 Å². The highest BCUT2D eigenvalue weighted by Gasteiger charge is 2.41. The molecule has 0 unspecified atom stereocenters. The summed E-state index contributed by atoms with van der Waals surface area (Å²) in [6.07, 6.45) is -4.49. The Morgan fingerprint density at radius 1 is 0.957 bits per heavy atom. The van der Waals surface area contributed by atoms with Crippen molar-refractivity contribution in [3.05, 3.63) is 65.9 Å². The van der Waals surface area contributed by atoms with Gasteiger partial charge in [0.05, 0.1) is 5.69 Å². The lowest BCUT2D eigenvalue weighted by molar-refractivity contribution is -0.140. The monoisotopic (exact) mass is 332 g/mol. The summed E-state index contributed by atoms with van der Waals surface area (Å²) < 4.78 is 41.9. The predicted octanol–water partition coefficient (Wildman–Crippen LogP) is 5.16. The van der Waals surface area contributed by atoms with Crippen LogP contribution in [0.15, 0.2) is 59.6 Å². The van der Waals surface area contributed by atoms with Crippen molar-refractivity contribution in [1.82, 2.24) is 9.78 Å². The molecular weight excluding hydrogens is 321 g/mol. The fourth-order valence-electron chi connectivity index (χ4n) is 2.76. The van der Waals surface area contributed by atoms with E-state index < -0.39 is 11.9 Å². The number of thioether (sulfide) groups is 1. The molecule has 0 bridgehead atoms. The zero-order chi connectivity index (χ0) is 16.0. The van der Waals surface area contributed by atoms with Crippen molar-refractivity contribution in [2.24, 2.45) is 0 Å². The molecule has 116 valence electrons. The molecule has 0 N–H and O–H groups in total. The molecule has 3 aromatic rings. The van der Waals surface area contributed by atoms with Gasteiger partial charge in [0.2, 0.25) is 0 Å². The van der Waals surface area contributed by atoms with Gasteiger partial charge in [-0.1, -0.05) is 42.5 Å². The number of para-hydroxylation sites is 1. The maximum atomic E-state index is 13.5.